The lowest BCUT2D eigenvalue weighted by Crippen LogP contribution is -1.82. The molecule has 0 saturated heterocycles. The molecule has 1 aromatic rings. The number of hydrogen-bond donors (Lipinski definition) is 0. The van der Waals surface area contributed by atoms with E-state index in [0.29, 0.717) is 0 Å². The van der Waals surface area contributed by atoms with Crippen molar-refractivity contribution in [1.82, 2.24) is 0 Å². The SMILES string of the molecule is BrC[C@@H]1C[C@@H]1c1ccccc1. The number of rotatable bonds is 2. The zero-order valence-corrected chi connectivity index (χ0v) is 7.92. The maximum absolute atomic E-state index is 3.51. The fraction of sp³-hybridized carbons (Fsp3) is 0.400. The van der Waals surface area contributed by atoms with Crippen LogP contribution < -0.4 is 0 Å². The highest BCUT2D eigenvalue weighted by atomic mass is 79.9. The van der Waals surface area contributed by atoms with Gasteiger partial charge in [0.25, 0.3) is 0 Å². The molecule has 0 nitrogen and oxygen atoms in total. The number of alkyl halides is 1. The van der Waals surface area contributed by atoms with Crippen LogP contribution >= 0.6 is 15.9 Å². The van der Waals surface area contributed by atoms with Gasteiger partial charge in [0.1, 0.15) is 0 Å². The van der Waals surface area contributed by atoms with Crippen molar-refractivity contribution in [3.05, 3.63) is 35.9 Å². The summed E-state index contributed by atoms with van der Waals surface area (Å²) in [5, 5.41) is 1.16. The summed E-state index contributed by atoms with van der Waals surface area (Å²) in [6.07, 6.45) is 1.37. The van der Waals surface area contributed by atoms with Gasteiger partial charge in [0.2, 0.25) is 0 Å². The summed E-state index contributed by atoms with van der Waals surface area (Å²) in [6, 6.07) is 10.8. The van der Waals surface area contributed by atoms with E-state index in [1.54, 1.807) is 0 Å². The Hall–Kier alpha value is -0.300. The van der Waals surface area contributed by atoms with Crippen LogP contribution in [0.15, 0.2) is 30.3 Å². The molecule has 1 heteroatoms. The molecule has 0 bridgehead atoms. The molecular formula is C10H11Br. The zero-order chi connectivity index (χ0) is 7.68. The molecule has 0 amide bonds. The van der Waals surface area contributed by atoms with E-state index in [1.165, 1.54) is 12.0 Å². The summed E-state index contributed by atoms with van der Waals surface area (Å²) in [6.45, 7) is 0. The first-order valence-corrected chi connectivity index (χ1v) is 5.15. The molecule has 1 fully saturated rings. The molecule has 0 heterocycles. The summed E-state index contributed by atoms with van der Waals surface area (Å²) < 4.78 is 0. The third kappa shape index (κ3) is 1.48. The van der Waals surface area contributed by atoms with Gasteiger partial charge in [0.15, 0.2) is 0 Å². The Morgan fingerprint density at radius 2 is 2.00 bits per heavy atom. The van der Waals surface area contributed by atoms with Crippen LogP contribution in [0.1, 0.15) is 17.9 Å². The average molecular weight is 211 g/mol. The van der Waals surface area contributed by atoms with Crippen LogP contribution in [0.2, 0.25) is 0 Å². The van der Waals surface area contributed by atoms with Gasteiger partial charge in [-0.2, -0.15) is 0 Å². The van der Waals surface area contributed by atoms with Gasteiger partial charge in [-0.3, -0.25) is 0 Å². The van der Waals surface area contributed by atoms with E-state index in [2.05, 4.69) is 46.3 Å². The van der Waals surface area contributed by atoms with Crippen LogP contribution in [-0.2, 0) is 0 Å². The highest BCUT2D eigenvalue weighted by Crippen LogP contribution is 2.47. The third-order valence-electron chi connectivity index (χ3n) is 2.35. The Morgan fingerprint density at radius 3 is 2.55 bits per heavy atom. The van der Waals surface area contributed by atoms with E-state index < -0.39 is 0 Å². The summed E-state index contributed by atoms with van der Waals surface area (Å²) >= 11 is 3.51. The molecule has 2 atom stereocenters. The number of hydrogen-bond acceptors (Lipinski definition) is 0. The predicted octanol–water partition coefficient (Wildman–Crippen LogP) is 3.19. The predicted molar refractivity (Wildman–Crippen MR) is 51.1 cm³/mol. The molecule has 2 rings (SSSR count). The quantitative estimate of drug-likeness (QED) is 0.659. The Labute approximate surface area is 75.8 Å². The summed E-state index contributed by atoms with van der Waals surface area (Å²) in [5.41, 5.74) is 1.51. The standard InChI is InChI=1S/C10H11Br/c11-7-9-6-10(9)8-4-2-1-3-5-8/h1-5,9-10H,6-7H2/t9-,10+/m0/s1. The Morgan fingerprint density at radius 1 is 1.27 bits per heavy atom. The van der Waals surface area contributed by atoms with Gasteiger partial charge in [-0.25, -0.2) is 0 Å². The minimum Gasteiger partial charge on any atom is -0.0925 e. The van der Waals surface area contributed by atoms with Crippen LogP contribution in [0.4, 0.5) is 0 Å². The van der Waals surface area contributed by atoms with Crippen molar-refractivity contribution in [2.45, 2.75) is 12.3 Å². The lowest BCUT2D eigenvalue weighted by molar-refractivity contribution is 0.937. The smallest absolute Gasteiger partial charge is 0.00657 e. The summed E-state index contributed by atoms with van der Waals surface area (Å²) in [4.78, 5) is 0. The molecule has 1 aliphatic rings. The molecule has 1 aliphatic carbocycles. The molecule has 0 radical (unpaired) electrons. The van der Waals surface area contributed by atoms with Crippen LogP contribution in [0, 0.1) is 5.92 Å². The highest BCUT2D eigenvalue weighted by molar-refractivity contribution is 9.09. The van der Waals surface area contributed by atoms with E-state index in [0.717, 1.165) is 17.2 Å². The lowest BCUT2D eigenvalue weighted by Gasteiger charge is -1.95. The molecule has 0 N–H and O–H groups in total. The largest absolute Gasteiger partial charge is 0.0925 e. The number of benzene rings is 1. The van der Waals surface area contributed by atoms with E-state index in [4.69, 9.17) is 0 Å². The molecule has 11 heavy (non-hydrogen) atoms. The van der Waals surface area contributed by atoms with Crippen molar-refractivity contribution < 1.29 is 0 Å². The average Bonchev–Trinajstić information content (AvgIpc) is 2.85. The van der Waals surface area contributed by atoms with Crippen LogP contribution in [0.5, 0.6) is 0 Å². The fourth-order valence-electron chi connectivity index (χ4n) is 1.53. The van der Waals surface area contributed by atoms with Gasteiger partial charge >= 0.3 is 0 Å². The lowest BCUT2D eigenvalue weighted by atomic mass is 10.1. The maximum Gasteiger partial charge on any atom is 0.00657 e. The Balaban J connectivity index is 2.09. The van der Waals surface area contributed by atoms with Crippen molar-refractivity contribution in [2.24, 2.45) is 5.92 Å². The topological polar surface area (TPSA) is 0 Å². The second kappa shape index (κ2) is 2.98. The normalized spacial score (nSPS) is 28.5. The second-order valence-corrected chi connectivity index (χ2v) is 3.81. The van der Waals surface area contributed by atoms with Gasteiger partial charge in [0.05, 0.1) is 0 Å². The van der Waals surface area contributed by atoms with Crippen LogP contribution in [0.3, 0.4) is 0 Å². The Kier molecular flexibility index (Phi) is 1.99. The minimum atomic E-state index is 0.843. The molecule has 58 valence electrons. The fourth-order valence-corrected chi connectivity index (χ4v) is 2.24. The van der Waals surface area contributed by atoms with Crippen LogP contribution in [0.25, 0.3) is 0 Å². The van der Waals surface area contributed by atoms with Gasteiger partial charge < -0.3 is 0 Å². The molecule has 1 aromatic carbocycles. The molecule has 0 unspecified atom stereocenters. The first-order chi connectivity index (χ1) is 5.42. The van der Waals surface area contributed by atoms with Crippen molar-refractivity contribution in [3.63, 3.8) is 0 Å². The van der Waals surface area contributed by atoms with E-state index >= 15 is 0 Å². The first-order valence-electron chi connectivity index (χ1n) is 4.02. The van der Waals surface area contributed by atoms with Crippen molar-refractivity contribution >= 4 is 15.9 Å². The number of halogens is 1. The first kappa shape index (κ1) is 7.35. The third-order valence-corrected chi connectivity index (χ3v) is 3.18. The van der Waals surface area contributed by atoms with Gasteiger partial charge in [-0.1, -0.05) is 46.3 Å². The summed E-state index contributed by atoms with van der Waals surface area (Å²) in [7, 11) is 0. The molecule has 0 spiro atoms. The minimum absolute atomic E-state index is 0.843. The van der Waals surface area contributed by atoms with Crippen LogP contribution in [-0.4, -0.2) is 5.33 Å². The monoisotopic (exact) mass is 210 g/mol. The van der Waals surface area contributed by atoms with Gasteiger partial charge in [-0.15, -0.1) is 0 Å². The van der Waals surface area contributed by atoms with Crippen molar-refractivity contribution in [2.75, 3.05) is 5.33 Å². The second-order valence-electron chi connectivity index (χ2n) is 3.17. The molecule has 0 aliphatic heterocycles. The van der Waals surface area contributed by atoms with Crippen molar-refractivity contribution in [3.8, 4) is 0 Å². The van der Waals surface area contributed by atoms with E-state index in [-0.39, 0.29) is 0 Å². The van der Waals surface area contributed by atoms with Gasteiger partial charge in [0, 0.05) is 5.33 Å². The Bertz CT molecular complexity index is 230. The maximum atomic E-state index is 3.51. The van der Waals surface area contributed by atoms with E-state index in [1.807, 2.05) is 0 Å². The molecule has 0 aromatic heterocycles. The zero-order valence-electron chi connectivity index (χ0n) is 6.33. The molecule has 1 saturated carbocycles. The van der Waals surface area contributed by atoms with Gasteiger partial charge in [-0.05, 0) is 23.8 Å². The van der Waals surface area contributed by atoms with Crippen molar-refractivity contribution in [1.29, 1.82) is 0 Å². The summed E-state index contributed by atoms with van der Waals surface area (Å²) in [5.74, 6) is 1.74. The molecular weight excluding hydrogens is 200 g/mol. The highest BCUT2D eigenvalue weighted by Gasteiger charge is 2.36. The van der Waals surface area contributed by atoms with E-state index in [9.17, 15) is 0 Å².